The zero-order chi connectivity index (χ0) is 16.9. The maximum atomic E-state index is 13.9. The van der Waals surface area contributed by atoms with Crippen LogP contribution in [-0.4, -0.2) is 49.1 Å². The van der Waals surface area contributed by atoms with Gasteiger partial charge in [0, 0.05) is 44.3 Å². The highest BCUT2D eigenvalue weighted by Crippen LogP contribution is 2.20. The van der Waals surface area contributed by atoms with Gasteiger partial charge in [-0.05, 0) is 19.1 Å². The molecule has 5 nitrogen and oxygen atoms in total. The van der Waals surface area contributed by atoms with Crippen LogP contribution in [0.1, 0.15) is 9.88 Å². The number of nitrogens with one attached hydrogen (secondary N) is 1. The van der Waals surface area contributed by atoms with E-state index in [0.29, 0.717) is 12.2 Å². The molecular formula is C17H23FIN5S. The van der Waals surface area contributed by atoms with E-state index in [0.717, 1.165) is 37.1 Å². The Morgan fingerprint density at radius 2 is 2.00 bits per heavy atom. The molecule has 1 aliphatic heterocycles. The number of aliphatic imine (C=N–C) groups is 1. The number of thiazole rings is 1. The van der Waals surface area contributed by atoms with Crippen molar-refractivity contribution in [2.45, 2.75) is 13.5 Å². The first-order valence-corrected chi connectivity index (χ1v) is 8.85. The highest BCUT2D eigenvalue weighted by Gasteiger charge is 2.21. The molecule has 8 heteroatoms. The van der Waals surface area contributed by atoms with Gasteiger partial charge in [-0.3, -0.25) is 4.99 Å². The Bertz CT molecular complexity index is 713. The quantitative estimate of drug-likeness (QED) is 0.421. The lowest BCUT2D eigenvalue weighted by Crippen LogP contribution is -2.52. The van der Waals surface area contributed by atoms with E-state index >= 15 is 0 Å². The number of halogens is 2. The molecule has 2 heterocycles. The van der Waals surface area contributed by atoms with Gasteiger partial charge >= 0.3 is 0 Å². The van der Waals surface area contributed by atoms with Crippen LogP contribution >= 0.6 is 35.3 Å². The van der Waals surface area contributed by atoms with Crippen molar-refractivity contribution in [3.8, 4) is 0 Å². The lowest BCUT2D eigenvalue weighted by molar-refractivity contribution is 0.370. The van der Waals surface area contributed by atoms with Crippen molar-refractivity contribution in [3.63, 3.8) is 0 Å². The van der Waals surface area contributed by atoms with Crippen molar-refractivity contribution >= 4 is 47.0 Å². The van der Waals surface area contributed by atoms with Crippen molar-refractivity contribution < 1.29 is 4.39 Å². The van der Waals surface area contributed by atoms with Crippen LogP contribution in [-0.2, 0) is 6.54 Å². The molecule has 1 saturated heterocycles. The second-order valence-corrected chi connectivity index (χ2v) is 7.01. The number of aryl methyl sites for hydroxylation is 1. The van der Waals surface area contributed by atoms with Crippen LogP contribution in [0.3, 0.4) is 0 Å². The van der Waals surface area contributed by atoms with Gasteiger partial charge in [-0.15, -0.1) is 35.3 Å². The molecule has 136 valence electrons. The fourth-order valence-corrected chi connectivity index (χ4v) is 3.56. The summed E-state index contributed by atoms with van der Waals surface area (Å²) >= 11 is 1.69. The van der Waals surface area contributed by atoms with E-state index in [9.17, 15) is 4.39 Å². The molecular weight excluding hydrogens is 452 g/mol. The molecule has 25 heavy (non-hydrogen) atoms. The lowest BCUT2D eigenvalue weighted by Gasteiger charge is -2.37. The zero-order valence-electron chi connectivity index (χ0n) is 14.4. The van der Waals surface area contributed by atoms with Crippen LogP contribution in [0.25, 0.3) is 0 Å². The van der Waals surface area contributed by atoms with E-state index in [1.165, 1.54) is 10.9 Å². The van der Waals surface area contributed by atoms with Gasteiger partial charge in [-0.2, -0.15) is 0 Å². The van der Waals surface area contributed by atoms with Crippen molar-refractivity contribution in [1.29, 1.82) is 0 Å². The van der Waals surface area contributed by atoms with Crippen molar-refractivity contribution in [2.24, 2.45) is 4.99 Å². The van der Waals surface area contributed by atoms with Crippen LogP contribution in [0.5, 0.6) is 0 Å². The minimum atomic E-state index is -0.160. The topological polar surface area (TPSA) is 43.8 Å². The van der Waals surface area contributed by atoms with Crippen LogP contribution in [0.4, 0.5) is 10.1 Å². The number of guanidine groups is 1. The molecule has 2 aromatic rings. The Morgan fingerprint density at radius 3 is 2.60 bits per heavy atom. The van der Waals surface area contributed by atoms with E-state index in [1.54, 1.807) is 24.5 Å². The first kappa shape index (κ1) is 19.9. The Hall–Kier alpha value is -1.42. The van der Waals surface area contributed by atoms with E-state index in [2.05, 4.69) is 32.0 Å². The minimum Gasteiger partial charge on any atom is -0.366 e. The van der Waals surface area contributed by atoms with Crippen molar-refractivity contribution in [1.82, 2.24) is 15.2 Å². The number of hydrogen-bond acceptors (Lipinski definition) is 4. The summed E-state index contributed by atoms with van der Waals surface area (Å²) in [5.74, 6) is 0.712. The molecule has 0 atom stereocenters. The Morgan fingerprint density at radius 1 is 1.28 bits per heavy atom. The minimum absolute atomic E-state index is 0. The maximum Gasteiger partial charge on any atom is 0.194 e. The van der Waals surface area contributed by atoms with Crippen LogP contribution in [0.2, 0.25) is 0 Å². The van der Waals surface area contributed by atoms with Gasteiger partial charge < -0.3 is 15.1 Å². The molecule has 1 aliphatic rings. The number of benzene rings is 1. The summed E-state index contributed by atoms with van der Waals surface area (Å²) in [6.07, 6.45) is 1.89. The number of anilines is 1. The third kappa shape index (κ3) is 5.04. The summed E-state index contributed by atoms with van der Waals surface area (Å²) in [5, 5.41) is 4.42. The first-order valence-electron chi connectivity index (χ1n) is 8.04. The smallest absolute Gasteiger partial charge is 0.194 e. The summed E-state index contributed by atoms with van der Waals surface area (Å²) in [6.45, 7) is 5.91. The molecule has 0 amide bonds. The number of rotatable bonds is 3. The molecule has 0 spiro atoms. The van der Waals surface area contributed by atoms with Gasteiger partial charge in [-0.25, -0.2) is 9.37 Å². The molecule has 0 saturated carbocycles. The van der Waals surface area contributed by atoms with Crippen LogP contribution < -0.4 is 10.2 Å². The Kier molecular flexibility index (Phi) is 7.42. The zero-order valence-corrected chi connectivity index (χ0v) is 17.6. The molecule has 0 unspecified atom stereocenters. The molecule has 0 aliphatic carbocycles. The van der Waals surface area contributed by atoms with Gasteiger partial charge in [-0.1, -0.05) is 12.1 Å². The summed E-state index contributed by atoms with van der Waals surface area (Å²) in [7, 11) is 1.79. The van der Waals surface area contributed by atoms with Crippen molar-refractivity contribution in [2.75, 3.05) is 38.1 Å². The van der Waals surface area contributed by atoms with E-state index in [1.807, 2.05) is 18.3 Å². The summed E-state index contributed by atoms with van der Waals surface area (Å²) < 4.78 is 13.9. The summed E-state index contributed by atoms with van der Waals surface area (Å²) in [6, 6.07) is 6.95. The third-order valence-electron chi connectivity index (χ3n) is 4.05. The van der Waals surface area contributed by atoms with E-state index in [-0.39, 0.29) is 29.8 Å². The average molecular weight is 475 g/mol. The fourth-order valence-electron chi connectivity index (χ4n) is 2.84. The number of aromatic nitrogens is 1. The number of para-hydroxylation sites is 1. The molecule has 1 aromatic heterocycles. The van der Waals surface area contributed by atoms with Gasteiger partial charge in [0.05, 0.1) is 12.2 Å². The fraction of sp³-hybridized carbons (Fsp3) is 0.412. The Balaban J connectivity index is 0.00000225. The number of piperazine rings is 1. The highest BCUT2D eigenvalue weighted by atomic mass is 127. The second kappa shape index (κ2) is 9.33. The average Bonchev–Trinajstić information content (AvgIpc) is 3.02. The van der Waals surface area contributed by atoms with Gasteiger partial charge in [0.2, 0.25) is 0 Å². The molecule has 0 bridgehead atoms. The normalized spacial score (nSPS) is 15.1. The molecule has 1 aromatic carbocycles. The highest BCUT2D eigenvalue weighted by molar-refractivity contribution is 14.0. The molecule has 1 fully saturated rings. The van der Waals surface area contributed by atoms with Crippen molar-refractivity contribution in [3.05, 3.63) is 46.2 Å². The summed E-state index contributed by atoms with van der Waals surface area (Å²) in [5.41, 5.74) is 0.679. The first-order chi connectivity index (χ1) is 11.7. The Labute approximate surface area is 169 Å². The standard InChI is InChI=1S/C17H22FN5S.HI/c1-13-11-20-16(24-13)12-21-17(19-2)23-9-7-22(8-10-23)15-6-4-3-5-14(15)18;/h3-6,11H,7-10,12H2,1-2H3,(H,19,21);1H. The van der Waals surface area contributed by atoms with E-state index < -0.39 is 0 Å². The van der Waals surface area contributed by atoms with E-state index in [4.69, 9.17) is 0 Å². The predicted molar refractivity (Wildman–Crippen MR) is 113 cm³/mol. The molecule has 3 rings (SSSR count). The number of hydrogen-bond donors (Lipinski definition) is 1. The largest absolute Gasteiger partial charge is 0.366 e. The van der Waals surface area contributed by atoms with Crippen LogP contribution in [0.15, 0.2) is 35.5 Å². The lowest BCUT2D eigenvalue weighted by atomic mass is 10.2. The maximum absolute atomic E-state index is 13.9. The third-order valence-corrected chi connectivity index (χ3v) is 4.96. The molecule has 1 N–H and O–H groups in total. The van der Waals surface area contributed by atoms with Gasteiger partial charge in [0.25, 0.3) is 0 Å². The SMILES string of the molecule is CN=C(NCc1ncc(C)s1)N1CCN(c2ccccc2F)CC1.I. The predicted octanol–water partition coefficient (Wildman–Crippen LogP) is 3.11. The van der Waals surface area contributed by atoms with Crippen LogP contribution in [0, 0.1) is 12.7 Å². The summed E-state index contributed by atoms with van der Waals surface area (Å²) in [4.78, 5) is 14.2. The molecule has 0 radical (unpaired) electrons. The van der Waals surface area contributed by atoms with Gasteiger partial charge in [0.1, 0.15) is 10.8 Å². The number of nitrogens with zero attached hydrogens (tertiary/aromatic N) is 4. The van der Waals surface area contributed by atoms with Gasteiger partial charge in [0.15, 0.2) is 5.96 Å². The monoisotopic (exact) mass is 475 g/mol. The second-order valence-electron chi connectivity index (χ2n) is 5.69.